The molecule has 0 aliphatic rings. The summed E-state index contributed by atoms with van der Waals surface area (Å²) in [5, 5.41) is 4.43. The molecule has 0 amide bonds. The molecule has 0 saturated carbocycles. The van der Waals surface area contributed by atoms with Gasteiger partial charge in [0.2, 0.25) is 0 Å². The van der Waals surface area contributed by atoms with Gasteiger partial charge in [0.05, 0.1) is 18.5 Å². The first-order chi connectivity index (χ1) is 7.61. The molecule has 2 aromatic rings. The van der Waals surface area contributed by atoms with Gasteiger partial charge in [0, 0.05) is 5.69 Å². The highest BCUT2D eigenvalue weighted by molar-refractivity contribution is 5.46. The lowest BCUT2D eigenvalue weighted by Crippen LogP contribution is -2.00. The third-order valence-electron chi connectivity index (χ3n) is 2.52. The van der Waals surface area contributed by atoms with Crippen LogP contribution >= 0.6 is 0 Å². The quantitative estimate of drug-likeness (QED) is 0.770. The van der Waals surface area contributed by atoms with E-state index in [0.29, 0.717) is 0 Å². The lowest BCUT2D eigenvalue weighted by molar-refractivity contribution is 0.413. The lowest BCUT2D eigenvalue weighted by Gasteiger charge is -2.08. The van der Waals surface area contributed by atoms with Crippen molar-refractivity contribution < 1.29 is 4.74 Å². The summed E-state index contributed by atoms with van der Waals surface area (Å²) in [5.41, 5.74) is 4.00. The van der Waals surface area contributed by atoms with Crippen molar-refractivity contribution in [3.05, 3.63) is 48.1 Å². The zero-order valence-electron chi connectivity index (χ0n) is 9.82. The third-order valence-corrected chi connectivity index (χ3v) is 2.52. The summed E-state index contributed by atoms with van der Waals surface area (Å²) in [6.07, 6.45) is 0. The average molecular weight is 215 g/mol. The minimum absolute atomic E-state index is 0.797. The zero-order valence-corrected chi connectivity index (χ0v) is 9.82. The molecule has 1 heterocycles. The number of nitrogens with zero attached hydrogens (tertiary/aromatic N) is 2. The number of ether oxygens (including phenoxy) is 1. The van der Waals surface area contributed by atoms with Gasteiger partial charge in [-0.25, -0.2) is 4.68 Å². The monoisotopic (exact) mass is 215 g/mol. The van der Waals surface area contributed by atoms with E-state index in [2.05, 4.69) is 12.0 Å². The van der Waals surface area contributed by atoms with Gasteiger partial charge in [0.1, 0.15) is 5.75 Å². The summed E-state index contributed by atoms with van der Waals surface area (Å²) in [7, 11) is 1.65. The van der Waals surface area contributed by atoms with Crippen LogP contribution in [0, 0.1) is 20.8 Å². The fourth-order valence-electron chi connectivity index (χ4n) is 1.79. The predicted octanol–water partition coefficient (Wildman–Crippen LogP) is 2.68. The summed E-state index contributed by atoms with van der Waals surface area (Å²) in [4.78, 5) is 0. The van der Waals surface area contributed by atoms with Crippen molar-refractivity contribution in [1.29, 1.82) is 0 Å². The summed E-state index contributed by atoms with van der Waals surface area (Å²) < 4.78 is 7.09. The Labute approximate surface area is 95.7 Å². The van der Waals surface area contributed by atoms with Gasteiger partial charge in [-0.3, -0.25) is 0 Å². The maximum atomic E-state index is 5.18. The topological polar surface area (TPSA) is 27.1 Å². The maximum absolute atomic E-state index is 5.18. The minimum atomic E-state index is 0.797. The molecular formula is C13H15N2O. The van der Waals surface area contributed by atoms with E-state index in [0.717, 1.165) is 28.4 Å². The first-order valence-electron chi connectivity index (χ1n) is 5.15. The first-order valence-corrected chi connectivity index (χ1v) is 5.15. The molecule has 0 bridgehead atoms. The van der Waals surface area contributed by atoms with Crippen LogP contribution in [0.4, 0.5) is 0 Å². The molecule has 1 radical (unpaired) electrons. The van der Waals surface area contributed by atoms with Gasteiger partial charge >= 0.3 is 0 Å². The van der Waals surface area contributed by atoms with Crippen LogP contribution in [0.5, 0.6) is 5.75 Å². The number of methoxy groups -OCH3 is 1. The van der Waals surface area contributed by atoms with Crippen LogP contribution in [-0.4, -0.2) is 16.9 Å². The summed E-state index contributed by atoms with van der Waals surface area (Å²) in [6, 6.07) is 7.91. The standard InChI is InChI=1S/C13H15N2O/c1-9-7-12(5-6-13(9)16-4)15-11(3)8-10(2)14-15/h5-8H,1H2,2-4H3. The Hall–Kier alpha value is -1.77. The minimum Gasteiger partial charge on any atom is -0.496 e. The summed E-state index contributed by atoms with van der Waals surface area (Å²) in [5.74, 6) is 0.797. The Balaban J connectivity index is 2.49. The molecule has 0 spiro atoms. The second-order valence-corrected chi connectivity index (χ2v) is 3.84. The van der Waals surface area contributed by atoms with Crippen LogP contribution in [0.3, 0.4) is 0 Å². The van der Waals surface area contributed by atoms with Gasteiger partial charge in [0.25, 0.3) is 0 Å². The van der Waals surface area contributed by atoms with Crippen LogP contribution in [-0.2, 0) is 0 Å². The third kappa shape index (κ3) is 1.81. The van der Waals surface area contributed by atoms with Gasteiger partial charge in [-0.1, -0.05) is 0 Å². The van der Waals surface area contributed by atoms with Crippen LogP contribution in [0.15, 0.2) is 24.3 Å². The zero-order chi connectivity index (χ0) is 11.7. The van der Waals surface area contributed by atoms with E-state index >= 15 is 0 Å². The molecule has 83 valence electrons. The highest BCUT2D eigenvalue weighted by Gasteiger charge is 2.05. The second-order valence-electron chi connectivity index (χ2n) is 3.84. The van der Waals surface area contributed by atoms with E-state index in [9.17, 15) is 0 Å². The Morgan fingerprint density at radius 3 is 2.50 bits per heavy atom. The Kier molecular flexibility index (Phi) is 2.69. The number of hydrogen-bond acceptors (Lipinski definition) is 2. The molecule has 0 aliphatic heterocycles. The SMILES string of the molecule is [CH2]c1cc(-n2nc(C)cc2C)ccc1OC. The first kappa shape index (κ1) is 10.7. The largest absolute Gasteiger partial charge is 0.496 e. The predicted molar refractivity (Wildman–Crippen MR) is 64.0 cm³/mol. The molecule has 16 heavy (non-hydrogen) atoms. The van der Waals surface area contributed by atoms with E-state index in [4.69, 9.17) is 4.74 Å². The number of hydrogen-bond donors (Lipinski definition) is 0. The van der Waals surface area contributed by atoms with E-state index in [1.54, 1.807) is 7.11 Å². The lowest BCUT2D eigenvalue weighted by atomic mass is 10.2. The normalized spacial score (nSPS) is 10.5. The van der Waals surface area contributed by atoms with Crippen LogP contribution < -0.4 is 4.74 Å². The van der Waals surface area contributed by atoms with E-state index in [-0.39, 0.29) is 0 Å². The van der Waals surface area contributed by atoms with Gasteiger partial charge in [-0.2, -0.15) is 5.10 Å². The number of benzene rings is 1. The highest BCUT2D eigenvalue weighted by Crippen LogP contribution is 2.21. The van der Waals surface area contributed by atoms with Crippen molar-refractivity contribution in [2.75, 3.05) is 7.11 Å². The van der Waals surface area contributed by atoms with Crippen molar-refractivity contribution in [3.8, 4) is 11.4 Å². The van der Waals surface area contributed by atoms with Gasteiger partial charge in [0.15, 0.2) is 0 Å². The molecular weight excluding hydrogens is 200 g/mol. The van der Waals surface area contributed by atoms with Gasteiger partial charge in [-0.15, -0.1) is 0 Å². The number of aryl methyl sites for hydroxylation is 2. The summed E-state index contributed by atoms with van der Waals surface area (Å²) >= 11 is 0. The maximum Gasteiger partial charge on any atom is 0.122 e. The number of aromatic nitrogens is 2. The molecule has 0 unspecified atom stereocenters. The van der Waals surface area contributed by atoms with Crippen molar-refractivity contribution >= 4 is 0 Å². The highest BCUT2D eigenvalue weighted by atomic mass is 16.5. The van der Waals surface area contributed by atoms with Gasteiger partial charge in [-0.05, 0) is 50.6 Å². The fraction of sp³-hybridized carbons (Fsp3) is 0.231. The average Bonchev–Trinajstić information content (AvgIpc) is 2.58. The fourth-order valence-corrected chi connectivity index (χ4v) is 1.79. The van der Waals surface area contributed by atoms with Crippen LogP contribution in [0.25, 0.3) is 5.69 Å². The van der Waals surface area contributed by atoms with Crippen LogP contribution in [0.1, 0.15) is 17.0 Å². The Morgan fingerprint density at radius 1 is 1.25 bits per heavy atom. The van der Waals surface area contributed by atoms with Crippen molar-refractivity contribution in [3.63, 3.8) is 0 Å². The molecule has 1 aromatic heterocycles. The molecule has 1 aromatic carbocycles. The van der Waals surface area contributed by atoms with Crippen LogP contribution in [0.2, 0.25) is 0 Å². The molecule has 0 saturated heterocycles. The second kappa shape index (κ2) is 4.00. The number of rotatable bonds is 2. The van der Waals surface area contributed by atoms with Crippen molar-refractivity contribution in [2.24, 2.45) is 0 Å². The Bertz CT molecular complexity index is 515. The molecule has 0 aliphatic carbocycles. The molecule has 3 nitrogen and oxygen atoms in total. The molecule has 2 rings (SSSR count). The Morgan fingerprint density at radius 2 is 2.00 bits per heavy atom. The van der Waals surface area contributed by atoms with E-state index in [1.807, 2.05) is 42.8 Å². The molecule has 0 N–H and O–H groups in total. The van der Waals surface area contributed by atoms with Crippen molar-refractivity contribution in [1.82, 2.24) is 9.78 Å². The smallest absolute Gasteiger partial charge is 0.122 e. The molecule has 0 fully saturated rings. The van der Waals surface area contributed by atoms with Gasteiger partial charge < -0.3 is 4.74 Å². The van der Waals surface area contributed by atoms with E-state index < -0.39 is 0 Å². The molecule has 0 atom stereocenters. The molecule has 3 heteroatoms. The summed E-state index contributed by atoms with van der Waals surface area (Å²) in [6.45, 7) is 7.97. The van der Waals surface area contributed by atoms with Crippen molar-refractivity contribution in [2.45, 2.75) is 13.8 Å². The van der Waals surface area contributed by atoms with E-state index in [1.165, 1.54) is 0 Å².